The first-order valence-electron chi connectivity index (χ1n) is 5.15. The number of amides is 1. The molecular formula is C11H18N2O2. The SMILES string of the molecule is CCc1cnc(CNC(=O)C(C)(C)C)o1. The maximum absolute atomic E-state index is 11.5. The van der Waals surface area contributed by atoms with Crippen LogP contribution in [0.3, 0.4) is 0 Å². The first-order chi connectivity index (χ1) is 6.93. The molecule has 0 saturated carbocycles. The van der Waals surface area contributed by atoms with Crippen molar-refractivity contribution in [1.82, 2.24) is 10.3 Å². The molecule has 1 heterocycles. The van der Waals surface area contributed by atoms with Crippen LogP contribution in [0.15, 0.2) is 10.6 Å². The Bertz CT molecular complexity index is 337. The smallest absolute Gasteiger partial charge is 0.225 e. The molecule has 15 heavy (non-hydrogen) atoms. The molecule has 0 unspecified atom stereocenters. The molecule has 4 heteroatoms. The molecule has 0 aliphatic carbocycles. The number of hydrogen-bond acceptors (Lipinski definition) is 3. The van der Waals surface area contributed by atoms with Crippen LogP contribution in [-0.2, 0) is 17.8 Å². The van der Waals surface area contributed by atoms with Gasteiger partial charge >= 0.3 is 0 Å². The first-order valence-corrected chi connectivity index (χ1v) is 5.15. The number of rotatable bonds is 3. The van der Waals surface area contributed by atoms with Crippen molar-refractivity contribution in [3.8, 4) is 0 Å². The Balaban J connectivity index is 2.47. The Hall–Kier alpha value is -1.32. The lowest BCUT2D eigenvalue weighted by atomic mass is 9.96. The van der Waals surface area contributed by atoms with E-state index in [0.29, 0.717) is 12.4 Å². The Morgan fingerprint density at radius 2 is 2.20 bits per heavy atom. The highest BCUT2D eigenvalue weighted by atomic mass is 16.4. The predicted molar refractivity (Wildman–Crippen MR) is 57.2 cm³/mol. The quantitative estimate of drug-likeness (QED) is 0.829. The predicted octanol–water partition coefficient (Wildman–Crippen LogP) is 1.90. The van der Waals surface area contributed by atoms with Crippen molar-refractivity contribution in [2.24, 2.45) is 5.41 Å². The van der Waals surface area contributed by atoms with Crippen LogP contribution < -0.4 is 5.32 Å². The molecule has 0 aliphatic heterocycles. The van der Waals surface area contributed by atoms with Gasteiger partial charge in [0, 0.05) is 11.8 Å². The third kappa shape index (κ3) is 3.38. The summed E-state index contributed by atoms with van der Waals surface area (Å²) in [5.74, 6) is 1.40. The second kappa shape index (κ2) is 4.47. The number of carbonyl (C=O) groups excluding carboxylic acids is 1. The summed E-state index contributed by atoms with van der Waals surface area (Å²) in [5.41, 5.74) is -0.375. The van der Waals surface area contributed by atoms with Gasteiger partial charge in [-0.3, -0.25) is 4.79 Å². The van der Waals surface area contributed by atoms with E-state index in [1.807, 2.05) is 27.7 Å². The van der Waals surface area contributed by atoms with Gasteiger partial charge in [0.1, 0.15) is 5.76 Å². The van der Waals surface area contributed by atoms with Crippen molar-refractivity contribution in [3.05, 3.63) is 17.8 Å². The lowest BCUT2D eigenvalue weighted by Gasteiger charge is -2.16. The second-order valence-corrected chi connectivity index (χ2v) is 4.51. The molecule has 0 aliphatic rings. The normalized spacial score (nSPS) is 11.5. The van der Waals surface area contributed by atoms with Crippen molar-refractivity contribution < 1.29 is 9.21 Å². The van der Waals surface area contributed by atoms with E-state index in [0.717, 1.165) is 12.2 Å². The zero-order valence-corrected chi connectivity index (χ0v) is 9.76. The Labute approximate surface area is 90.1 Å². The van der Waals surface area contributed by atoms with Gasteiger partial charge < -0.3 is 9.73 Å². The topological polar surface area (TPSA) is 55.1 Å². The molecule has 4 nitrogen and oxygen atoms in total. The monoisotopic (exact) mass is 210 g/mol. The van der Waals surface area contributed by atoms with Crippen molar-refractivity contribution in [2.75, 3.05) is 0 Å². The van der Waals surface area contributed by atoms with Gasteiger partial charge in [0.25, 0.3) is 0 Å². The average molecular weight is 210 g/mol. The summed E-state index contributed by atoms with van der Waals surface area (Å²) in [6.07, 6.45) is 2.51. The van der Waals surface area contributed by atoms with E-state index >= 15 is 0 Å². The van der Waals surface area contributed by atoms with Gasteiger partial charge in [-0.1, -0.05) is 27.7 Å². The molecule has 0 atom stereocenters. The largest absolute Gasteiger partial charge is 0.444 e. The second-order valence-electron chi connectivity index (χ2n) is 4.51. The molecule has 0 radical (unpaired) electrons. The lowest BCUT2D eigenvalue weighted by Crippen LogP contribution is -2.34. The number of aryl methyl sites for hydroxylation is 1. The summed E-state index contributed by atoms with van der Waals surface area (Å²) in [6.45, 7) is 7.97. The number of carbonyl (C=O) groups is 1. The van der Waals surface area contributed by atoms with E-state index in [4.69, 9.17) is 4.42 Å². The molecule has 1 N–H and O–H groups in total. The minimum absolute atomic E-state index is 0.00116. The van der Waals surface area contributed by atoms with Crippen molar-refractivity contribution in [3.63, 3.8) is 0 Å². The molecular weight excluding hydrogens is 192 g/mol. The highest BCUT2D eigenvalue weighted by Crippen LogP contribution is 2.13. The lowest BCUT2D eigenvalue weighted by molar-refractivity contribution is -0.128. The minimum atomic E-state index is -0.375. The molecule has 0 bridgehead atoms. The van der Waals surface area contributed by atoms with Gasteiger partial charge in [0.15, 0.2) is 0 Å². The van der Waals surface area contributed by atoms with E-state index in [2.05, 4.69) is 10.3 Å². The summed E-state index contributed by atoms with van der Waals surface area (Å²) >= 11 is 0. The Morgan fingerprint density at radius 1 is 1.53 bits per heavy atom. The third-order valence-corrected chi connectivity index (χ3v) is 2.03. The molecule has 1 rings (SSSR count). The summed E-state index contributed by atoms with van der Waals surface area (Å²) in [7, 11) is 0. The summed E-state index contributed by atoms with van der Waals surface area (Å²) in [6, 6.07) is 0. The van der Waals surface area contributed by atoms with Crippen LogP contribution in [0.1, 0.15) is 39.3 Å². The number of aromatic nitrogens is 1. The molecule has 84 valence electrons. The Morgan fingerprint density at radius 3 is 2.67 bits per heavy atom. The highest BCUT2D eigenvalue weighted by molar-refractivity contribution is 5.81. The molecule has 1 aromatic heterocycles. The van der Waals surface area contributed by atoms with Gasteiger partial charge in [-0.05, 0) is 0 Å². The summed E-state index contributed by atoms with van der Waals surface area (Å²) in [5, 5.41) is 2.78. The Kier molecular flexibility index (Phi) is 3.50. The van der Waals surface area contributed by atoms with Crippen LogP contribution in [0.25, 0.3) is 0 Å². The fraction of sp³-hybridized carbons (Fsp3) is 0.636. The maximum Gasteiger partial charge on any atom is 0.225 e. The van der Waals surface area contributed by atoms with E-state index in [-0.39, 0.29) is 11.3 Å². The molecule has 1 amide bonds. The van der Waals surface area contributed by atoms with Crippen LogP contribution in [-0.4, -0.2) is 10.9 Å². The van der Waals surface area contributed by atoms with Crippen LogP contribution in [0.5, 0.6) is 0 Å². The van der Waals surface area contributed by atoms with Crippen molar-refractivity contribution >= 4 is 5.91 Å². The van der Waals surface area contributed by atoms with Crippen LogP contribution in [0.2, 0.25) is 0 Å². The highest BCUT2D eigenvalue weighted by Gasteiger charge is 2.21. The van der Waals surface area contributed by atoms with Gasteiger partial charge in [0.05, 0.1) is 12.7 Å². The van der Waals surface area contributed by atoms with Crippen molar-refractivity contribution in [2.45, 2.75) is 40.7 Å². The van der Waals surface area contributed by atoms with Crippen molar-refractivity contribution in [1.29, 1.82) is 0 Å². The summed E-state index contributed by atoms with van der Waals surface area (Å²) < 4.78 is 5.37. The van der Waals surface area contributed by atoms with E-state index in [1.54, 1.807) is 6.20 Å². The zero-order chi connectivity index (χ0) is 11.5. The average Bonchev–Trinajstić information content (AvgIpc) is 2.60. The number of oxazole rings is 1. The van der Waals surface area contributed by atoms with Crippen LogP contribution in [0.4, 0.5) is 0 Å². The number of nitrogens with one attached hydrogen (secondary N) is 1. The zero-order valence-electron chi connectivity index (χ0n) is 9.76. The molecule has 0 spiro atoms. The van der Waals surface area contributed by atoms with Crippen LogP contribution in [0, 0.1) is 5.41 Å². The fourth-order valence-electron chi connectivity index (χ4n) is 1.01. The molecule has 0 fully saturated rings. The van der Waals surface area contributed by atoms with Gasteiger partial charge in [-0.25, -0.2) is 4.98 Å². The van der Waals surface area contributed by atoms with E-state index in [1.165, 1.54) is 0 Å². The summed E-state index contributed by atoms with van der Waals surface area (Å²) in [4.78, 5) is 15.6. The van der Waals surface area contributed by atoms with Crippen LogP contribution >= 0.6 is 0 Å². The van der Waals surface area contributed by atoms with Gasteiger partial charge in [0.2, 0.25) is 11.8 Å². The third-order valence-electron chi connectivity index (χ3n) is 2.03. The standard InChI is InChI=1S/C11H18N2O2/c1-5-8-6-12-9(15-8)7-13-10(14)11(2,3)4/h6H,5,7H2,1-4H3,(H,13,14). The molecule has 0 saturated heterocycles. The minimum Gasteiger partial charge on any atom is -0.444 e. The van der Waals surface area contributed by atoms with E-state index in [9.17, 15) is 4.79 Å². The number of hydrogen-bond donors (Lipinski definition) is 1. The number of nitrogens with zero attached hydrogens (tertiary/aromatic N) is 1. The van der Waals surface area contributed by atoms with Gasteiger partial charge in [-0.15, -0.1) is 0 Å². The first kappa shape index (κ1) is 11.8. The fourth-order valence-corrected chi connectivity index (χ4v) is 1.01. The van der Waals surface area contributed by atoms with Gasteiger partial charge in [-0.2, -0.15) is 0 Å². The molecule has 1 aromatic rings. The molecule has 0 aromatic carbocycles. The van der Waals surface area contributed by atoms with E-state index < -0.39 is 0 Å². The maximum atomic E-state index is 11.5.